The smallest absolute Gasteiger partial charge is 0.149 e. The maximum atomic E-state index is 14.0. The first-order chi connectivity index (χ1) is 11.0. The Morgan fingerprint density at radius 3 is 2.39 bits per heavy atom. The minimum atomic E-state index is -0.713. The van der Waals surface area contributed by atoms with E-state index in [4.69, 9.17) is 0 Å². The van der Waals surface area contributed by atoms with E-state index >= 15 is 0 Å². The highest BCUT2D eigenvalue weighted by Crippen LogP contribution is 2.30. The lowest BCUT2D eigenvalue weighted by Crippen LogP contribution is -2.10. The summed E-state index contributed by atoms with van der Waals surface area (Å²) in [6.07, 6.45) is 1.33. The molecule has 0 saturated heterocycles. The standard InChI is InChI=1S/C17H12F4N2/c1-9(11-3-2-10(18)8-14(11)21)23-15-6-7-22-17-13(20)5-4-12(19)16(15)17/h2-9H,1H3,(H,22,23). The predicted octanol–water partition coefficient (Wildman–Crippen LogP) is 4.96. The summed E-state index contributed by atoms with van der Waals surface area (Å²) < 4.78 is 54.6. The third-order valence-corrected chi connectivity index (χ3v) is 3.59. The van der Waals surface area contributed by atoms with Crippen LogP contribution in [0.2, 0.25) is 0 Å². The van der Waals surface area contributed by atoms with Crippen molar-refractivity contribution in [3.05, 3.63) is 71.4 Å². The SMILES string of the molecule is CC(Nc1ccnc2c(F)ccc(F)c12)c1ccc(F)cc1F. The van der Waals surface area contributed by atoms with Crippen LogP contribution in [0.25, 0.3) is 10.9 Å². The maximum Gasteiger partial charge on any atom is 0.149 e. The van der Waals surface area contributed by atoms with Gasteiger partial charge in [0.15, 0.2) is 0 Å². The summed E-state index contributed by atoms with van der Waals surface area (Å²) >= 11 is 0. The van der Waals surface area contributed by atoms with Gasteiger partial charge in [-0.05, 0) is 31.2 Å². The fourth-order valence-corrected chi connectivity index (χ4v) is 2.48. The van der Waals surface area contributed by atoms with Crippen molar-refractivity contribution in [2.45, 2.75) is 13.0 Å². The van der Waals surface area contributed by atoms with Crippen LogP contribution >= 0.6 is 0 Å². The third-order valence-electron chi connectivity index (χ3n) is 3.59. The summed E-state index contributed by atoms with van der Waals surface area (Å²) in [6, 6.07) is 6.13. The number of pyridine rings is 1. The molecule has 118 valence electrons. The molecule has 0 aliphatic heterocycles. The van der Waals surface area contributed by atoms with E-state index in [-0.39, 0.29) is 22.2 Å². The Balaban J connectivity index is 2.03. The van der Waals surface area contributed by atoms with Gasteiger partial charge in [0.05, 0.1) is 11.4 Å². The normalized spacial score (nSPS) is 12.4. The van der Waals surface area contributed by atoms with Gasteiger partial charge >= 0.3 is 0 Å². The summed E-state index contributed by atoms with van der Waals surface area (Å²) in [5, 5.41) is 2.91. The number of nitrogens with zero attached hydrogens (tertiary/aromatic N) is 1. The van der Waals surface area contributed by atoms with E-state index in [0.717, 1.165) is 24.3 Å². The summed E-state index contributed by atoms with van der Waals surface area (Å²) in [7, 11) is 0. The van der Waals surface area contributed by atoms with Crippen LogP contribution in [0.3, 0.4) is 0 Å². The monoisotopic (exact) mass is 320 g/mol. The van der Waals surface area contributed by atoms with Crippen LogP contribution in [0.4, 0.5) is 23.2 Å². The van der Waals surface area contributed by atoms with E-state index in [2.05, 4.69) is 10.3 Å². The molecule has 23 heavy (non-hydrogen) atoms. The molecular formula is C17H12F4N2. The van der Waals surface area contributed by atoms with Gasteiger partial charge in [0.2, 0.25) is 0 Å². The van der Waals surface area contributed by atoms with Crippen molar-refractivity contribution >= 4 is 16.6 Å². The average molecular weight is 320 g/mol. The number of hydrogen-bond donors (Lipinski definition) is 1. The first-order valence-electron chi connectivity index (χ1n) is 6.91. The highest BCUT2D eigenvalue weighted by Gasteiger charge is 2.16. The molecule has 1 N–H and O–H groups in total. The Bertz CT molecular complexity index is 880. The molecule has 0 bridgehead atoms. The second-order valence-electron chi connectivity index (χ2n) is 5.14. The van der Waals surface area contributed by atoms with Gasteiger partial charge in [-0.15, -0.1) is 0 Å². The number of rotatable bonds is 3. The van der Waals surface area contributed by atoms with Crippen molar-refractivity contribution in [3.8, 4) is 0 Å². The number of nitrogens with one attached hydrogen (secondary N) is 1. The van der Waals surface area contributed by atoms with Gasteiger partial charge in [-0.2, -0.15) is 0 Å². The Morgan fingerprint density at radius 1 is 0.913 bits per heavy atom. The average Bonchev–Trinajstić information content (AvgIpc) is 2.51. The molecule has 2 nitrogen and oxygen atoms in total. The number of benzene rings is 2. The molecule has 0 spiro atoms. The number of hydrogen-bond acceptors (Lipinski definition) is 2. The van der Waals surface area contributed by atoms with Crippen LogP contribution in [0.5, 0.6) is 0 Å². The van der Waals surface area contributed by atoms with Gasteiger partial charge in [0.25, 0.3) is 0 Å². The zero-order valence-electron chi connectivity index (χ0n) is 12.1. The molecule has 1 atom stereocenters. The first kappa shape index (κ1) is 15.3. The fourth-order valence-electron chi connectivity index (χ4n) is 2.48. The van der Waals surface area contributed by atoms with Crippen LogP contribution in [0.15, 0.2) is 42.6 Å². The molecule has 1 heterocycles. The summed E-state index contributed by atoms with van der Waals surface area (Å²) in [4.78, 5) is 3.83. The molecular weight excluding hydrogens is 308 g/mol. The first-order valence-corrected chi connectivity index (χ1v) is 6.91. The molecule has 0 saturated carbocycles. The molecule has 0 amide bonds. The molecule has 1 aromatic heterocycles. The largest absolute Gasteiger partial charge is 0.378 e. The van der Waals surface area contributed by atoms with Crippen LogP contribution in [-0.2, 0) is 0 Å². The molecule has 1 unspecified atom stereocenters. The van der Waals surface area contributed by atoms with E-state index in [1.165, 1.54) is 18.3 Å². The number of fused-ring (bicyclic) bond motifs is 1. The quantitative estimate of drug-likeness (QED) is 0.690. The van der Waals surface area contributed by atoms with Crippen molar-refractivity contribution in [2.75, 3.05) is 5.32 Å². The predicted molar refractivity (Wildman–Crippen MR) is 80.1 cm³/mol. The lowest BCUT2D eigenvalue weighted by molar-refractivity contribution is 0.566. The molecule has 0 aliphatic carbocycles. The van der Waals surface area contributed by atoms with Crippen LogP contribution in [0, 0.1) is 23.3 Å². The lowest BCUT2D eigenvalue weighted by atomic mass is 10.1. The summed E-state index contributed by atoms with van der Waals surface area (Å²) in [5.74, 6) is -2.68. The van der Waals surface area contributed by atoms with Gasteiger partial charge in [-0.25, -0.2) is 17.6 Å². The zero-order chi connectivity index (χ0) is 16.6. The van der Waals surface area contributed by atoms with Crippen molar-refractivity contribution in [3.63, 3.8) is 0 Å². The van der Waals surface area contributed by atoms with E-state index in [0.29, 0.717) is 0 Å². The number of anilines is 1. The second kappa shape index (κ2) is 5.87. The van der Waals surface area contributed by atoms with Gasteiger partial charge in [0, 0.05) is 23.5 Å². The third kappa shape index (κ3) is 2.84. The van der Waals surface area contributed by atoms with Crippen molar-refractivity contribution in [2.24, 2.45) is 0 Å². The van der Waals surface area contributed by atoms with Crippen LogP contribution in [0.1, 0.15) is 18.5 Å². The Labute approximate surface area is 129 Å². The summed E-state index contributed by atoms with van der Waals surface area (Å²) in [6.45, 7) is 1.64. The molecule has 3 rings (SSSR count). The fraction of sp³-hybridized carbons (Fsp3) is 0.118. The van der Waals surface area contributed by atoms with Gasteiger partial charge < -0.3 is 5.32 Å². The molecule has 2 aromatic carbocycles. The van der Waals surface area contributed by atoms with Crippen molar-refractivity contribution < 1.29 is 17.6 Å². The molecule has 3 aromatic rings. The Hall–Kier alpha value is -2.63. The van der Waals surface area contributed by atoms with E-state index in [1.807, 2.05) is 0 Å². The molecule has 0 radical (unpaired) electrons. The topological polar surface area (TPSA) is 24.9 Å². The van der Waals surface area contributed by atoms with Gasteiger partial charge in [-0.1, -0.05) is 6.07 Å². The molecule has 0 aliphatic rings. The van der Waals surface area contributed by atoms with E-state index < -0.39 is 29.3 Å². The van der Waals surface area contributed by atoms with Crippen LogP contribution < -0.4 is 5.32 Å². The van der Waals surface area contributed by atoms with Crippen molar-refractivity contribution in [1.29, 1.82) is 0 Å². The molecule has 0 fully saturated rings. The van der Waals surface area contributed by atoms with Gasteiger partial charge in [0.1, 0.15) is 28.8 Å². The minimum Gasteiger partial charge on any atom is -0.378 e. The Kier molecular flexibility index (Phi) is 3.90. The summed E-state index contributed by atoms with van der Waals surface area (Å²) in [5.41, 5.74) is 0.387. The van der Waals surface area contributed by atoms with E-state index in [1.54, 1.807) is 6.92 Å². The van der Waals surface area contributed by atoms with Crippen molar-refractivity contribution in [1.82, 2.24) is 4.98 Å². The molecule has 6 heteroatoms. The highest BCUT2D eigenvalue weighted by atomic mass is 19.1. The number of halogens is 4. The highest BCUT2D eigenvalue weighted by molar-refractivity contribution is 5.92. The lowest BCUT2D eigenvalue weighted by Gasteiger charge is -2.18. The maximum absolute atomic E-state index is 14.0. The van der Waals surface area contributed by atoms with Crippen LogP contribution in [-0.4, -0.2) is 4.98 Å². The second-order valence-corrected chi connectivity index (χ2v) is 5.14. The minimum absolute atomic E-state index is 0.0122. The Morgan fingerprint density at radius 2 is 1.65 bits per heavy atom. The zero-order valence-corrected chi connectivity index (χ0v) is 12.1. The van der Waals surface area contributed by atoms with E-state index in [9.17, 15) is 17.6 Å². The number of aromatic nitrogens is 1. The van der Waals surface area contributed by atoms with Gasteiger partial charge in [-0.3, -0.25) is 4.98 Å².